The lowest BCUT2D eigenvalue weighted by atomic mass is 9.72. The summed E-state index contributed by atoms with van der Waals surface area (Å²) >= 11 is 0. The Bertz CT molecular complexity index is 1690. The normalized spacial score (nSPS) is 27.4. The number of ether oxygens (including phenoxy) is 3. The molecule has 6 atom stereocenters. The molecule has 6 rings (SSSR count). The second-order valence-electron chi connectivity index (χ2n) is 11.9. The molecule has 4 unspecified atom stereocenters. The zero-order valence-electron chi connectivity index (χ0n) is 25.1. The molecule has 45 heavy (non-hydrogen) atoms. The highest BCUT2D eigenvalue weighted by molar-refractivity contribution is 6.31. The van der Waals surface area contributed by atoms with E-state index in [1.54, 1.807) is 6.92 Å². The van der Waals surface area contributed by atoms with Crippen LogP contribution in [0.1, 0.15) is 81.3 Å². The number of Topliss-reactive ketones (excluding diaryl/α,β-unsaturated/α-hetero) is 1. The van der Waals surface area contributed by atoms with Crippen molar-refractivity contribution in [1.82, 2.24) is 5.32 Å². The molecule has 0 aromatic heterocycles. The van der Waals surface area contributed by atoms with Crippen molar-refractivity contribution in [1.29, 1.82) is 0 Å². The largest absolute Gasteiger partial charge is 0.507 e. The third kappa shape index (κ3) is 5.20. The summed E-state index contributed by atoms with van der Waals surface area (Å²) in [5.41, 5.74) is -1.98. The molecule has 0 saturated carbocycles. The molecule has 3 aliphatic rings. The van der Waals surface area contributed by atoms with Crippen molar-refractivity contribution in [3.63, 3.8) is 0 Å². The topological polar surface area (TPSA) is 172 Å². The molecule has 0 radical (unpaired) electrons. The summed E-state index contributed by atoms with van der Waals surface area (Å²) < 4.78 is 17.6. The quantitative estimate of drug-likeness (QED) is 0.193. The third-order valence-corrected chi connectivity index (χ3v) is 9.16. The van der Waals surface area contributed by atoms with Crippen LogP contribution in [0.25, 0.3) is 0 Å². The number of phenolic OH excluding ortho intramolecular Hbond substituents is 2. The molecule has 1 fully saturated rings. The van der Waals surface area contributed by atoms with Crippen molar-refractivity contribution >= 4 is 17.3 Å². The summed E-state index contributed by atoms with van der Waals surface area (Å²) in [5, 5.41) is 48.8. The van der Waals surface area contributed by atoms with Crippen molar-refractivity contribution in [2.45, 2.75) is 75.9 Å². The molecule has 2 aliphatic carbocycles. The van der Waals surface area contributed by atoms with E-state index in [1.807, 2.05) is 30.3 Å². The number of benzene rings is 3. The standard InChI is InChI=1S/C34H35NO10/c1-16-29(37)21(35-15-18-8-5-4-6-9-18)12-24(44-16)45-23-14-34(42,17(2)36)13-20-26(23)33(41)28-27(31(20)39)30(38)19-10-7-11-22(43-3)25(19)32(28)40/h4-11,16,21,23-24,29,35,37,39,41-42H,12-15H2,1-3H3/t16?,21?,23-,24?,29?,34-/m0/s1. The van der Waals surface area contributed by atoms with Crippen LogP contribution in [-0.2, 0) is 27.2 Å². The van der Waals surface area contributed by atoms with E-state index in [-0.39, 0.29) is 40.8 Å². The van der Waals surface area contributed by atoms with E-state index in [0.29, 0.717) is 6.54 Å². The molecule has 11 nitrogen and oxygen atoms in total. The average molecular weight is 618 g/mol. The number of aliphatic hydroxyl groups is 2. The van der Waals surface area contributed by atoms with Gasteiger partial charge in [0, 0.05) is 48.5 Å². The summed E-state index contributed by atoms with van der Waals surface area (Å²) in [6.45, 7) is 3.36. The van der Waals surface area contributed by atoms with Crippen LogP contribution < -0.4 is 10.1 Å². The van der Waals surface area contributed by atoms with Crippen LogP contribution in [0.4, 0.5) is 0 Å². The fourth-order valence-corrected chi connectivity index (χ4v) is 6.67. The first-order valence-corrected chi connectivity index (χ1v) is 14.8. The average Bonchev–Trinajstić information content (AvgIpc) is 3.02. The SMILES string of the molecule is COc1cccc2c1C(=O)c1c(O)c3c(c(O)c1C2=O)C[C@@](O)(C(C)=O)C[C@@H]3OC1CC(NCc2ccccc2)C(O)C(C)O1. The summed E-state index contributed by atoms with van der Waals surface area (Å²) in [4.78, 5) is 40.2. The summed E-state index contributed by atoms with van der Waals surface area (Å²) in [6.07, 6.45) is -4.31. The molecule has 5 N–H and O–H groups in total. The monoisotopic (exact) mass is 617 g/mol. The van der Waals surface area contributed by atoms with Crippen LogP contribution in [0.3, 0.4) is 0 Å². The Morgan fingerprint density at radius 2 is 1.73 bits per heavy atom. The predicted molar refractivity (Wildman–Crippen MR) is 159 cm³/mol. The number of phenols is 2. The Morgan fingerprint density at radius 1 is 1.02 bits per heavy atom. The molecule has 0 amide bonds. The van der Waals surface area contributed by atoms with Gasteiger partial charge in [0.15, 0.2) is 17.9 Å². The second-order valence-corrected chi connectivity index (χ2v) is 11.9. The van der Waals surface area contributed by atoms with E-state index in [4.69, 9.17) is 14.2 Å². The maximum atomic E-state index is 13.8. The maximum Gasteiger partial charge on any atom is 0.202 e. The van der Waals surface area contributed by atoms with Gasteiger partial charge < -0.3 is 40.0 Å². The number of carbonyl (C=O) groups is 3. The molecule has 1 aliphatic heterocycles. The van der Waals surface area contributed by atoms with E-state index in [0.717, 1.165) is 5.56 Å². The van der Waals surface area contributed by atoms with E-state index in [9.17, 15) is 34.8 Å². The molecule has 0 spiro atoms. The Balaban J connectivity index is 1.39. The van der Waals surface area contributed by atoms with Crippen molar-refractivity contribution in [2.75, 3.05) is 7.11 Å². The van der Waals surface area contributed by atoms with E-state index < -0.39 is 82.6 Å². The van der Waals surface area contributed by atoms with Gasteiger partial charge in [-0.05, 0) is 25.5 Å². The molecule has 1 heterocycles. The summed E-state index contributed by atoms with van der Waals surface area (Å²) in [6, 6.07) is 13.7. The van der Waals surface area contributed by atoms with Crippen LogP contribution >= 0.6 is 0 Å². The van der Waals surface area contributed by atoms with Gasteiger partial charge in [-0.2, -0.15) is 0 Å². The van der Waals surface area contributed by atoms with Crippen molar-refractivity contribution in [2.24, 2.45) is 0 Å². The highest BCUT2D eigenvalue weighted by atomic mass is 16.7. The molecule has 236 valence electrons. The number of hydrogen-bond acceptors (Lipinski definition) is 11. The number of nitrogens with one attached hydrogen (secondary N) is 1. The summed E-state index contributed by atoms with van der Waals surface area (Å²) in [5.74, 6) is -3.13. The molecule has 1 saturated heterocycles. The number of carbonyl (C=O) groups excluding carboxylic acids is 3. The van der Waals surface area contributed by atoms with Gasteiger partial charge in [-0.3, -0.25) is 14.4 Å². The molecular weight excluding hydrogens is 582 g/mol. The highest BCUT2D eigenvalue weighted by Gasteiger charge is 2.49. The van der Waals surface area contributed by atoms with Gasteiger partial charge in [0.05, 0.1) is 42.1 Å². The fraction of sp³-hybridized carbons (Fsp3) is 0.382. The van der Waals surface area contributed by atoms with Gasteiger partial charge in [-0.1, -0.05) is 42.5 Å². The number of methoxy groups -OCH3 is 1. The van der Waals surface area contributed by atoms with Gasteiger partial charge in [-0.25, -0.2) is 0 Å². The number of aromatic hydroxyl groups is 2. The van der Waals surface area contributed by atoms with Crippen molar-refractivity contribution in [3.8, 4) is 17.2 Å². The number of fused-ring (bicyclic) bond motifs is 3. The number of ketones is 3. The minimum atomic E-state index is -2.01. The Morgan fingerprint density at radius 3 is 2.42 bits per heavy atom. The zero-order chi connectivity index (χ0) is 32.2. The number of hydrogen-bond donors (Lipinski definition) is 5. The first kappa shape index (κ1) is 30.9. The van der Waals surface area contributed by atoms with Gasteiger partial charge >= 0.3 is 0 Å². The van der Waals surface area contributed by atoms with Crippen LogP contribution in [-0.4, -0.2) is 75.0 Å². The van der Waals surface area contributed by atoms with E-state index in [2.05, 4.69) is 5.32 Å². The lowest BCUT2D eigenvalue weighted by Gasteiger charge is -2.43. The first-order chi connectivity index (χ1) is 21.4. The van der Waals surface area contributed by atoms with Crippen LogP contribution in [0, 0.1) is 0 Å². The molecule has 0 bridgehead atoms. The van der Waals surface area contributed by atoms with Crippen LogP contribution in [0.5, 0.6) is 17.2 Å². The highest BCUT2D eigenvalue weighted by Crippen LogP contribution is 2.52. The smallest absolute Gasteiger partial charge is 0.202 e. The van der Waals surface area contributed by atoms with Gasteiger partial charge in [0.25, 0.3) is 0 Å². The van der Waals surface area contributed by atoms with Gasteiger partial charge in [-0.15, -0.1) is 0 Å². The Labute approximate surface area is 259 Å². The maximum absolute atomic E-state index is 13.8. The fourth-order valence-electron chi connectivity index (χ4n) is 6.67. The molecular formula is C34H35NO10. The van der Waals surface area contributed by atoms with Crippen LogP contribution in [0.15, 0.2) is 48.5 Å². The lowest BCUT2D eigenvalue weighted by Crippen LogP contribution is -2.54. The van der Waals surface area contributed by atoms with Crippen molar-refractivity contribution in [3.05, 3.63) is 87.5 Å². The minimum Gasteiger partial charge on any atom is -0.507 e. The van der Waals surface area contributed by atoms with E-state index >= 15 is 0 Å². The van der Waals surface area contributed by atoms with E-state index in [1.165, 1.54) is 32.2 Å². The molecule has 3 aromatic carbocycles. The number of rotatable bonds is 7. The Hall–Kier alpha value is -4.13. The van der Waals surface area contributed by atoms with Crippen molar-refractivity contribution < 1.29 is 49.0 Å². The predicted octanol–water partition coefficient (Wildman–Crippen LogP) is 2.86. The van der Waals surface area contributed by atoms with Gasteiger partial charge in [0.1, 0.15) is 22.8 Å². The molecule has 3 aromatic rings. The second kappa shape index (κ2) is 11.7. The van der Waals surface area contributed by atoms with Gasteiger partial charge in [0.2, 0.25) is 5.78 Å². The van der Waals surface area contributed by atoms with Crippen LogP contribution in [0.2, 0.25) is 0 Å². The first-order valence-electron chi connectivity index (χ1n) is 14.8. The Kier molecular flexibility index (Phi) is 8.00. The lowest BCUT2D eigenvalue weighted by molar-refractivity contribution is -0.249. The zero-order valence-corrected chi connectivity index (χ0v) is 25.1. The summed E-state index contributed by atoms with van der Waals surface area (Å²) in [7, 11) is 1.35. The minimum absolute atomic E-state index is 0.0101. The molecule has 11 heteroatoms. The number of aliphatic hydroxyl groups excluding tert-OH is 1. The third-order valence-electron chi connectivity index (χ3n) is 9.16.